The van der Waals surface area contributed by atoms with Gasteiger partial charge >= 0.3 is 0 Å². The first-order valence-electron chi connectivity index (χ1n) is 5.99. The molecule has 1 heterocycles. The first kappa shape index (κ1) is 14.9. The van der Waals surface area contributed by atoms with Crippen LogP contribution in [-0.2, 0) is 16.4 Å². The monoisotopic (exact) mass is 307 g/mol. The van der Waals surface area contributed by atoms with E-state index in [9.17, 15) is 18.5 Å². The van der Waals surface area contributed by atoms with Gasteiger partial charge in [-0.25, -0.2) is 8.42 Å². The van der Waals surface area contributed by atoms with Gasteiger partial charge in [0, 0.05) is 31.3 Å². The van der Waals surface area contributed by atoms with Gasteiger partial charge in [-0.05, 0) is 29.8 Å². The first-order chi connectivity index (χ1) is 9.88. The van der Waals surface area contributed by atoms with Gasteiger partial charge < -0.3 is 5.32 Å². The SMILES string of the molecule is CS(=O)(=O)c1ccc(NCc2ccncc2)c([N+](=O)[O-])c1. The summed E-state index contributed by atoms with van der Waals surface area (Å²) >= 11 is 0. The van der Waals surface area contributed by atoms with Crippen molar-refractivity contribution in [3.8, 4) is 0 Å². The summed E-state index contributed by atoms with van der Waals surface area (Å²) in [6.45, 7) is 0.377. The van der Waals surface area contributed by atoms with Gasteiger partial charge in [0.1, 0.15) is 5.69 Å². The predicted molar refractivity (Wildman–Crippen MR) is 77.8 cm³/mol. The number of hydrogen-bond donors (Lipinski definition) is 1. The highest BCUT2D eigenvalue weighted by Gasteiger charge is 2.18. The van der Waals surface area contributed by atoms with Crippen molar-refractivity contribution >= 4 is 21.2 Å². The maximum atomic E-state index is 11.4. The number of rotatable bonds is 5. The maximum absolute atomic E-state index is 11.4. The van der Waals surface area contributed by atoms with E-state index in [0.717, 1.165) is 17.9 Å². The van der Waals surface area contributed by atoms with Crippen LogP contribution in [0.2, 0.25) is 0 Å². The molecule has 7 nitrogen and oxygen atoms in total. The number of nitro benzene ring substituents is 1. The van der Waals surface area contributed by atoms with Gasteiger partial charge in [0.05, 0.1) is 9.82 Å². The topological polar surface area (TPSA) is 102 Å². The molecule has 1 aromatic carbocycles. The molecule has 0 spiro atoms. The Morgan fingerprint density at radius 2 is 1.90 bits per heavy atom. The highest BCUT2D eigenvalue weighted by atomic mass is 32.2. The van der Waals surface area contributed by atoms with Crippen LogP contribution in [0.25, 0.3) is 0 Å². The molecule has 0 bridgehead atoms. The van der Waals surface area contributed by atoms with Gasteiger partial charge in [0.2, 0.25) is 0 Å². The molecule has 0 saturated carbocycles. The molecule has 1 N–H and O–H groups in total. The summed E-state index contributed by atoms with van der Waals surface area (Å²) in [5, 5.41) is 14.0. The summed E-state index contributed by atoms with van der Waals surface area (Å²) < 4.78 is 22.9. The minimum atomic E-state index is -3.48. The Morgan fingerprint density at radius 3 is 2.48 bits per heavy atom. The fraction of sp³-hybridized carbons (Fsp3) is 0.154. The molecule has 2 rings (SSSR count). The van der Waals surface area contributed by atoms with E-state index < -0.39 is 14.8 Å². The Kier molecular flexibility index (Phi) is 4.18. The van der Waals surface area contributed by atoms with E-state index in [1.807, 2.05) is 0 Å². The molecule has 21 heavy (non-hydrogen) atoms. The van der Waals surface area contributed by atoms with E-state index in [4.69, 9.17) is 0 Å². The lowest BCUT2D eigenvalue weighted by atomic mass is 10.2. The zero-order chi connectivity index (χ0) is 15.5. The summed E-state index contributed by atoms with van der Waals surface area (Å²) in [5.41, 5.74) is 0.905. The summed E-state index contributed by atoms with van der Waals surface area (Å²) in [4.78, 5) is 14.3. The zero-order valence-corrected chi connectivity index (χ0v) is 12.0. The normalized spacial score (nSPS) is 11.1. The molecule has 1 aromatic heterocycles. The number of nitro groups is 1. The fourth-order valence-corrected chi connectivity index (χ4v) is 2.38. The molecule has 0 aliphatic carbocycles. The molecular formula is C13H13N3O4S. The minimum Gasteiger partial charge on any atom is -0.375 e. The van der Waals surface area contributed by atoms with Gasteiger partial charge in [0.25, 0.3) is 5.69 Å². The minimum absolute atomic E-state index is 0.0799. The molecule has 2 aromatic rings. The molecule has 0 saturated heterocycles. The van der Waals surface area contributed by atoms with Crippen molar-refractivity contribution in [1.82, 2.24) is 4.98 Å². The molecule has 0 fully saturated rings. The van der Waals surface area contributed by atoms with E-state index in [0.29, 0.717) is 6.54 Å². The average Bonchev–Trinajstić information content (AvgIpc) is 2.45. The fourth-order valence-electron chi connectivity index (χ4n) is 1.74. The average molecular weight is 307 g/mol. The number of anilines is 1. The number of sulfone groups is 1. The van der Waals surface area contributed by atoms with E-state index in [2.05, 4.69) is 10.3 Å². The van der Waals surface area contributed by atoms with Gasteiger partial charge in [-0.2, -0.15) is 0 Å². The van der Waals surface area contributed by atoms with Crippen molar-refractivity contribution in [3.63, 3.8) is 0 Å². The van der Waals surface area contributed by atoms with Crippen molar-refractivity contribution in [1.29, 1.82) is 0 Å². The Balaban J connectivity index is 2.29. The third kappa shape index (κ3) is 3.76. The van der Waals surface area contributed by atoms with Crippen LogP contribution in [-0.4, -0.2) is 24.6 Å². The molecule has 0 radical (unpaired) electrons. The van der Waals surface area contributed by atoms with Crippen molar-refractivity contribution < 1.29 is 13.3 Å². The number of benzene rings is 1. The largest absolute Gasteiger partial charge is 0.375 e. The van der Waals surface area contributed by atoms with Crippen LogP contribution >= 0.6 is 0 Å². The van der Waals surface area contributed by atoms with Gasteiger partial charge in [-0.15, -0.1) is 0 Å². The second kappa shape index (κ2) is 5.88. The highest BCUT2D eigenvalue weighted by Crippen LogP contribution is 2.27. The van der Waals surface area contributed by atoms with Crippen LogP contribution in [0.15, 0.2) is 47.6 Å². The molecule has 8 heteroatoms. The number of pyridine rings is 1. The summed E-state index contributed by atoms with van der Waals surface area (Å²) in [7, 11) is -3.48. The smallest absolute Gasteiger partial charge is 0.293 e. The summed E-state index contributed by atoms with van der Waals surface area (Å²) in [5.74, 6) is 0. The van der Waals surface area contributed by atoms with Crippen LogP contribution in [0, 0.1) is 10.1 Å². The second-order valence-corrected chi connectivity index (χ2v) is 6.43. The van der Waals surface area contributed by atoms with Gasteiger partial charge in [-0.1, -0.05) is 0 Å². The van der Waals surface area contributed by atoms with E-state index in [1.165, 1.54) is 12.1 Å². The predicted octanol–water partition coefficient (Wildman–Crippen LogP) is 2.01. The lowest BCUT2D eigenvalue weighted by Gasteiger charge is -2.08. The summed E-state index contributed by atoms with van der Waals surface area (Å²) in [6, 6.07) is 7.37. The lowest BCUT2D eigenvalue weighted by Crippen LogP contribution is -2.05. The van der Waals surface area contributed by atoms with Crippen LogP contribution < -0.4 is 5.32 Å². The highest BCUT2D eigenvalue weighted by molar-refractivity contribution is 7.90. The molecule has 0 aliphatic heterocycles. The van der Waals surface area contributed by atoms with Crippen molar-refractivity contribution in [2.45, 2.75) is 11.4 Å². The molecule has 0 unspecified atom stereocenters. The Labute approximate surface area is 121 Å². The van der Waals surface area contributed by atoms with Crippen LogP contribution in [0.4, 0.5) is 11.4 Å². The number of hydrogen-bond acceptors (Lipinski definition) is 6. The Morgan fingerprint density at radius 1 is 1.24 bits per heavy atom. The third-order valence-electron chi connectivity index (χ3n) is 2.83. The maximum Gasteiger partial charge on any atom is 0.293 e. The van der Waals surface area contributed by atoms with Crippen molar-refractivity contribution in [2.24, 2.45) is 0 Å². The third-order valence-corrected chi connectivity index (χ3v) is 3.94. The quantitative estimate of drug-likeness (QED) is 0.669. The molecular weight excluding hydrogens is 294 g/mol. The van der Waals surface area contributed by atoms with Gasteiger partial charge in [-0.3, -0.25) is 15.1 Å². The van der Waals surface area contributed by atoms with E-state index in [1.54, 1.807) is 24.5 Å². The molecule has 0 atom stereocenters. The second-order valence-electron chi connectivity index (χ2n) is 4.42. The van der Waals surface area contributed by atoms with E-state index in [-0.39, 0.29) is 16.3 Å². The standard InChI is InChI=1S/C13H13N3O4S/c1-21(19,20)11-2-3-12(13(8-11)16(17)18)15-9-10-4-6-14-7-5-10/h2-8,15H,9H2,1H3. The Hall–Kier alpha value is -2.48. The molecule has 0 amide bonds. The van der Waals surface area contributed by atoms with Crippen molar-refractivity contribution in [3.05, 3.63) is 58.4 Å². The number of aromatic nitrogens is 1. The number of nitrogens with one attached hydrogen (secondary N) is 1. The van der Waals surface area contributed by atoms with Gasteiger partial charge in [0.15, 0.2) is 9.84 Å². The van der Waals surface area contributed by atoms with Crippen molar-refractivity contribution in [2.75, 3.05) is 11.6 Å². The Bertz CT molecular complexity index is 760. The summed E-state index contributed by atoms with van der Waals surface area (Å²) in [6.07, 6.45) is 4.26. The zero-order valence-electron chi connectivity index (χ0n) is 11.2. The number of nitrogens with zero attached hydrogens (tertiary/aromatic N) is 2. The molecule has 110 valence electrons. The van der Waals surface area contributed by atoms with E-state index >= 15 is 0 Å². The van der Waals surface area contributed by atoms with Crippen LogP contribution in [0.3, 0.4) is 0 Å². The first-order valence-corrected chi connectivity index (χ1v) is 7.88. The molecule has 0 aliphatic rings. The van der Waals surface area contributed by atoms with Crippen LogP contribution in [0.5, 0.6) is 0 Å². The lowest BCUT2D eigenvalue weighted by molar-refractivity contribution is -0.384. The van der Waals surface area contributed by atoms with Crippen LogP contribution in [0.1, 0.15) is 5.56 Å².